The summed E-state index contributed by atoms with van der Waals surface area (Å²) in [6.45, 7) is 4.17. The molecular weight excluding hydrogens is 420 g/mol. The van der Waals surface area contributed by atoms with Crippen LogP contribution in [0.5, 0.6) is 0 Å². The Bertz CT molecular complexity index is 943. The number of hydroxylamine groups is 1. The molecule has 2 heterocycles. The monoisotopic (exact) mass is 456 g/mol. The molecule has 0 amide bonds. The molecule has 0 bridgehead atoms. The molecule has 2 aromatic rings. The van der Waals surface area contributed by atoms with Crippen molar-refractivity contribution in [3.8, 4) is 0 Å². The van der Waals surface area contributed by atoms with Gasteiger partial charge in [-0.1, -0.05) is 92.3 Å². The van der Waals surface area contributed by atoms with Crippen LogP contribution in [0.1, 0.15) is 75.8 Å². The van der Waals surface area contributed by atoms with Gasteiger partial charge in [0, 0.05) is 12.4 Å². The molecule has 0 unspecified atom stereocenters. The summed E-state index contributed by atoms with van der Waals surface area (Å²) in [5, 5.41) is 0. The van der Waals surface area contributed by atoms with E-state index in [0.29, 0.717) is 6.42 Å². The van der Waals surface area contributed by atoms with E-state index in [9.17, 15) is 8.42 Å². The first-order chi connectivity index (χ1) is 15.5. The lowest BCUT2D eigenvalue weighted by Gasteiger charge is -2.20. The van der Waals surface area contributed by atoms with Crippen molar-refractivity contribution < 1.29 is 13.3 Å². The van der Waals surface area contributed by atoms with E-state index < -0.39 is 10.0 Å². The van der Waals surface area contributed by atoms with Crippen LogP contribution in [0.2, 0.25) is 0 Å². The second kappa shape index (κ2) is 12.3. The zero-order chi connectivity index (χ0) is 22.8. The quantitative estimate of drug-likeness (QED) is 0.351. The van der Waals surface area contributed by atoms with Crippen LogP contribution in [0.3, 0.4) is 0 Å². The number of pyridine rings is 1. The first kappa shape index (κ1) is 24.6. The number of sulfonamides is 1. The molecule has 0 spiro atoms. The average Bonchev–Trinajstić information content (AvgIpc) is 3.22. The number of hydrogen-bond donors (Lipinski definition) is 0. The van der Waals surface area contributed by atoms with Crippen molar-refractivity contribution in [3.05, 3.63) is 66.0 Å². The summed E-state index contributed by atoms with van der Waals surface area (Å²) < 4.78 is 27.9. The van der Waals surface area contributed by atoms with Gasteiger partial charge in [0.2, 0.25) is 0 Å². The Kier molecular flexibility index (Phi) is 9.45. The lowest BCUT2D eigenvalue weighted by Crippen LogP contribution is -2.33. The molecule has 0 saturated carbocycles. The zero-order valence-corrected chi connectivity index (χ0v) is 20.1. The van der Waals surface area contributed by atoms with E-state index in [1.54, 1.807) is 24.5 Å². The van der Waals surface area contributed by atoms with Crippen LogP contribution in [0.15, 0.2) is 59.8 Å². The van der Waals surface area contributed by atoms with Gasteiger partial charge in [-0.15, -0.1) is 0 Å². The molecule has 0 radical (unpaired) electrons. The number of aromatic nitrogens is 1. The number of nitrogens with zero attached hydrogens (tertiary/aromatic N) is 2. The normalized spacial score (nSPS) is 19.7. The minimum absolute atomic E-state index is 0.0885. The van der Waals surface area contributed by atoms with Crippen molar-refractivity contribution in [2.24, 2.45) is 0 Å². The van der Waals surface area contributed by atoms with Crippen LogP contribution >= 0.6 is 0 Å². The van der Waals surface area contributed by atoms with Crippen LogP contribution in [-0.4, -0.2) is 30.0 Å². The number of hydrogen-bond acceptors (Lipinski definition) is 4. The highest BCUT2D eigenvalue weighted by Crippen LogP contribution is 2.32. The fourth-order valence-corrected chi connectivity index (χ4v) is 5.45. The van der Waals surface area contributed by atoms with Crippen LogP contribution in [0, 0.1) is 6.92 Å². The van der Waals surface area contributed by atoms with Crippen LogP contribution < -0.4 is 0 Å². The third-order valence-corrected chi connectivity index (χ3v) is 7.61. The highest BCUT2D eigenvalue weighted by molar-refractivity contribution is 7.89. The molecule has 174 valence electrons. The molecule has 5 nitrogen and oxygen atoms in total. The zero-order valence-electron chi connectivity index (χ0n) is 19.3. The Labute approximate surface area is 193 Å². The predicted molar refractivity (Wildman–Crippen MR) is 129 cm³/mol. The molecule has 3 rings (SSSR count). The lowest BCUT2D eigenvalue weighted by molar-refractivity contribution is -0.0865. The van der Waals surface area contributed by atoms with Crippen LogP contribution in [-0.2, 0) is 14.9 Å². The molecule has 0 N–H and O–H groups in total. The van der Waals surface area contributed by atoms with E-state index >= 15 is 0 Å². The minimum Gasteiger partial charge on any atom is -0.280 e. The Hall–Kier alpha value is -2.02. The third-order valence-electron chi connectivity index (χ3n) is 5.91. The molecular formula is C26H36N2O3S. The summed E-state index contributed by atoms with van der Waals surface area (Å²) in [7, 11) is -3.74. The summed E-state index contributed by atoms with van der Waals surface area (Å²) in [5.74, 6) is 0. The lowest BCUT2D eigenvalue weighted by atomic mass is 10.0. The van der Waals surface area contributed by atoms with E-state index in [1.807, 2.05) is 43.3 Å². The molecule has 1 aromatic carbocycles. The average molecular weight is 457 g/mol. The van der Waals surface area contributed by atoms with Crippen LogP contribution in [0.25, 0.3) is 6.08 Å². The first-order valence-corrected chi connectivity index (χ1v) is 13.3. The van der Waals surface area contributed by atoms with E-state index in [1.165, 1.54) is 43.0 Å². The molecule has 1 aliphatic rings. The van der Waals surface area contributed by atoms with Gasteiger partial charge >= 0.3 is 0 Å². The van der Waals surface area contributed by atoms with Gasteiger partial charge in [0.1, 0.15) is 0 Å². The van der Waals surface area contributed by atoms with Gasteiger partial charge < -0.3 is 0 Å². The van der Waals surface area contributed by atoms with Gasteiger partial charge in [-0.2, -0.15) is 0 Å². The number of unbranched alkanes of at least 4 members (excludes halogenated alkanes) is 6. The third kappa shape index (κ3) is 6.99. The van der Waals surface area contributed by atoms with Gasteiger partial charge in [-0.3, -0.25) is 9.82 Å². The molecule has 2 atom stereocenters. The Morgan fingerprint density at radius 3 is 2.47 bits per heavy atom. The second-order valence-electron chi connectivity index (χ2n) is 8.66. The summed E-state index contributed by atoms with van der Waals surface area (Å²) in [5.41, 5.74) is 1.96. The smallest absolute Gasteiger partial charge is 0.265 e. The van der Waals surface area contributed by atoms with E-state index in [4.69, 9.17) is 4.84 Å². The molecule has 1 aliphatic heterocycles. The summed E-state index contributed by atoms with van der Waals surface area (Å²) in [6.07, 6.45) is 17.4. The van der Waals surface area contributed by atoms with Gasteiger partial charge in [0.15, 0.2) is 0 Å². The number of benzene rings is 1. The molecule has 1 saturated heterocycles. The Morgan fingerprint density at radius 2 is 1.78 bits per heavy atom. The second-order valence-corrected chi connectivity index (χ2v) is 10.4. The van der Waals surface area contributed by atoms with Crippen molar-refractivity contribution >= 4 is 16.1 Å². The van der Waals surface area contributed by atoms with Crippen molar-refractivity contribution in [2.45, 2.75) is 88.7 Å². The van der Waals surface area contributed by atoms with Crippen molar-refractivity contribution in [3.63, 3.8) is 0 Å². The summed E-state index contributed by atoms with van der Waals surface area (Å²) in [6, 6.07) is 10.4. The Balaban J connectivity index is 1.67. The topological polar surface area (TPSA) is 59.5 Å². The molecule has 0 aliphatic carbocycles. The standard InChI is InChI=1S/C26H36N2O3S/c1-3-4-5-6-7-8-9-12-25-20-24(16-15-23-11-10-19-27-21-23)28(31-25)32(29,30)26-17-13-22(2)14-18-26/h10-11,13-19,21,24-25H,3-9,12,20H2,1-2H3/b16-15+/t24-,25+/m0/s1. The minimum atomic E-state index is -3.74. The Morgan fingerprint density at radius 1 is 1.06 bits per heavy atom. The van der Waals surface area contributed by atoms with E-state index in [-0.39, 0.29) is 17.0 Å². The van der Waals surface area contributed by atoms with Crippen molar-refractivity contribution in [2.75, 3.05) is 0 Å². The molecule has 1 aromatic heterocycles. The predicted octanol–water partition coefficient (Wildman–Crippen LogP) is 6.31. The highest BCUT2D eigenvalue weighted by atomic mass is 32.2. The fourth-order valence-electron chi connectivity index (χ4n) is 4.02. The molecule has 6 heteroatoms. The first-order valence-electron chi connectivity index (χ1n) is 11.9. The van der Waals surface area contributed by atoms with Crippen LogP contribution in [0.4, 0.5) is 0 Å². The molecule has 1 fully saturated rings. The number of rotatable bonds is 12. The molecule has 32 heavy (non-hydrogen) atoms. The van der Waals surface area contributed by atoms with Gasteiger partial charge in [-0.25, -0.2) is 8.42 Å². The highest BCUT2D eigenvalue weighted by Gasteiger charge is 2.40. The summed E-state index contributed by atoms with van der Waals surface area (Å²) >= 11 is 0. The largest absolute Gasteiger partial charge is 0.280 e. The van der Waals surface area contributed by atoms with Gasteiger partial charge in [0.25, 0.3) is 10.0 Å². The van der Waals surface area contributed by atoms with Crippen molar-refractivity contribution in [1.29, 1.82) is 0 Å². The maximum absolute atomic E-state index is 13.3. The maximum Gasteiger partial charge on any atom is 0.265 e. The van der Waals surface area contributed by atoms with Gasteiger partial charge in [0.05, 0.1) is 17.0 Å². The maximum atomic E-state index is 13.3. The SMILES string of the molecule is CCCCCCCCC[C@@H]1C[C@H](/C=C/c2cccnc2)N(S(=O)(=O)c2ccc(C)cc2)O1. The van der Waals surface area contributed by atoms with Gasteiger partial charge in [-0.05, 0) is 43.5 Å². The van der Waals surface area contributed by atoms with Crippen molar-refractivity contribution in [1.82, 2.24) is 9.45 Å². The number of aryl methyl sites for hydroxylation is 1. The van der Waals surface area contributed by atoms with E-state index in [2.05, 4.69) is 11.9 Å². The summed E-state index contributed by atoms with van der Waals surface area (Å²) in [4.78, 5) is 10.4. The fraction of sp³-hybridized carbons (Fsp3) is 0.500. The van der Waals surface area contributed by atoms with E-state index in [0.717, 1.165) is 24.0 Å².